The molecule has 4 rings (SSSR count). The molecule has 1 fully saturated rings. The van der Waals surface area contributed by atoms with Gasteiger partial charge in [0, 0.05) is 5.56 Å². The van der Waals surface area contributed by atoms with Crippen molar-refractivity contribution in [3.05, 3.63) is 95.1 Å². The molecule has 32 heavy (non-hydrogen) atoms. The highest BCUT2D eigenvalue weighted by molar-refractivity contribution is 6.14. The molecule has 2 heterocycles. The summed E-state index contributed by atoms with van der Waals surface area (Å²) in [4.78, 5) is 37.7. The molecule has 162 valence electrons. The molecule has 1 aliphatic heterocycles. The van der Waals surface area contributed by atoms with Gasteiger partial charge in [-0.1, -0.05) is 48.5 Å². The number of carbonyl (C=O) groups excluding carboxylic acids is 3. The van der Waals surface area contributed by atoms with E-state index in [-0.39, 0.29) is 23.8 Å². The first kappa shape index (κ1) is 20.9. The van der Waals surface area contributed by atoms with Crippen LogP contribution in [0.2, 0.25) is 0 Å². The van der Waals surface area contributed by atoms with Crippen LogP contribution < -0.4 is 10.1 Å². The predicted molar refractivity (Wildman–Crippen MR) is 114 cm³/mol. The molecule has 1 N–H and O–H groups in total. The summed E-state index contributed by atoms with van der Waals surface area (Å²) in [5.74, 6) is -0.292. The summed E-state index contributed by atoms with van der Waals surface area (Å²) in [7, 11) is 1.24. The van der Waals surface area contributed by atoms with Crippen LogP contribution in [0, 0.1) is 0 Å². The number of para-hydroxylation sites is 1. The summed E-state index contributed by atoms with van der Waals surface area (Å²) in [5, 5.41) is 2.57. The molecule has 1 saturated heterocycles. The number of hydrogen-bond acceptors (Lipinski definition) is 6. The van der Waals surface area contributed by atoms with Gasteiger partial charge in [-0.3, -0.25) is 9.69 Å². The van der Waals surface area contributed by atoms with E-state index in [9.17, 15) is 14.4 Å². The first-order valence-electron chi connectivity index (χ1n) is 9.82. The number of urea groups is 1. The first-order chi connectivity index (χ1) is 15.5. The highest BCUT2D eigenvalue weighted by Crippen LogP contribution is 2.24. The molecule has 3 amide bonds. The lowest BCUT2D eigenvalue weighted by atomic mass is 10.1. The van der Waals surface area contributed by atoms with Crippen molar-refractivity contribution >= 4 is 24.0 Å². The molecule has 2 aromatic carbocycles. The van der Waals surface area contributed by atoms with Crippen LogP contribution in [0.4, 0.5) is 4.79 Å². The van der Waals surface area contributed by atoms with Crippen molar-refractivity contribution in [3.8, 4) is 5.75 Å². The number of furan rings is 1. The normalized spacial score (nSPS) is 14.5. The van der Waals surface area contributed by atoms with Crippen molar-refractivity contribution in [1.82, 2.24) is 10.2 Å². The van der Waals surface area contributed by atoms with E-state index >= 15 is 0 Å². The largest absolute Gasteiger partial charge is 0.488 e. The molecule has 3 aromatic rings. The maximum atomic E-state index is 12.8. The minimum atomic E-state index is -0.638. The van der Waals surface area contributed by atoms with Gasteiger partial charge < -0.3 is 19.2 Å². The fourth-order valence-electron chi connectivity index (χ4n) is 3.17. The van der Waals surface area contributed by atoms with E-state index in [0.29, 0.717) is 17.9 Å². The number of methoxy groups -OCH3 is 1. The summed E-state index contributed by atoms with van der Waals surface area (Å²) in [6.45, 7) is 0.250. The first-order valence-corrected chi connectivity index (χ1v) is 9.82. The quantitative estimate of drug-likeness (QED) is 0.347. The van der Waals surface area contributed by atoms with Gasteiger partial charge in [0.15, 0.2) is 0 Å². The molecule has 0 atom stereocenters. The monoisotopic (exact) mass is 432 g/mol. The van der Waals surface area contributed by atoms with Crippen molar-refractivity contribution in [3.63, 3.8) is 0 Å². The van der Waals surface area contributed by atoms with Gasteiger partial charge in [0.05, 0.1) is 13.7 Å². The SMILES string of the molecule is COC(=O)c1ccc(CN2C(=O)N/C(=C\c3ccccc3OCc3ccccc3)C2=O)o1. The lowest BCUT2D eigenvalue weighted by Gasteiger charge is -2.10. The fourth-order valence-corrected chi connectivity index (χ4v) is 3.17. The van der Waals surface area contributed by atoms with E-state index in [2.05, 4.69) is 10.1 Å². The summed E-state index contributed by atoms with van der Waals surface area (Å²) >= 11 is 0. The Kier molecular flexibility index (Phi) is 6.03. The maximum Gasteiger partial charge on any atom is 0.373 e. The molecule has 1 aromatic heterocycles. The van der Waals surface area contributed by atoms with Gasteiger partial charge >= 0.3 is 12.0 Å². The van der Waals surface area contributed by atoms with Gasteiger partial charge in [-0.25, -0.2) is 9.59 Å². The number of nitrogens with one attached hydrogen (secondary N) is 1. The van der Waals surface area contributed by atoms with Crippen LogP contribution in [0.5, 0.6) is 5.75 Å². The Bertz CT molecular complexity index is 1180. The Morgan fingerprint density at radius 2 is 1.78 bits per heavy atom. The van der Waals surface area contributed by atoms with Crippen LogP contribution in [-0.2, 0) is 22.7 Å². The number of ether oxygens (including phenoxy) is 2. The number of imide groups is 1. The van der Waals surface area contributed by atoms with Crippen LogP contribution >= 0.6 is 0 Å². The predicted octanol–water partition coefficient (Wildman–Crippen LogP) is 3.74. The molecule has 0 aliphatic carbocycles. The highest BCUT2D eigenvalue weighted by atomic mass is 16.5. The summed E-state index contributed by atoms with van der Waals surface area (Å²) in [5.41, 5.74) is 1.78. The lowest BCUT2D eigenvalue weighted by Crippen LogP contribution is -2.30. The van der Waals surface area contributed by atoms with Gasteiger partial charge in [-0.05, 0) is 29.8 Å². The van der Waals surface area contributed by atoms with Crippen LogP contribution in [0.25, 0.3) is 6.08 Å². The van der Waals surface area contributed by atoms with E-state index in [1.807, 2.05) is 42.5 Å². The second kappa shape index (κ2) is 9.22. The van der Waals surface area contributed by atoms with E-state index in [1.54, 1.807) is 18.2 Å². The molecule has 0 saturated carbocycles. The molecule has 0 radical (unpaired) electrons. The average Bonchev–Trinajstić information content (AvgIpc) is 3.39. The smallest absolute Gasteiger partial charge is 0.373 e. The average molecular weight is 432 g/mol. The summed E-state index contributed by atoms with van der Waals surface area (Å²) in [6, 6.07) is 19.3. The fraction of sp³-hybridized carbons (Fsp3) is 0.125. The van der Waals surface area contributed by atoms with Crippen molar-refractivity contribution in [1.29, 1.82) is 0 Å². The highest BCUT2D eigenvalue weighted by Gasteiger charge is 2.34. The Morgan fingerprint density at radius 3 is 2.56 bits per heavy atom. The third-order valence-electron chi connectivity index (χ3n) is 4.78. The molecule has 8 heteroatoms. The van der Waals surface area contributed by atoms with Gasteiger partial charge in [0.25, 0.3) is 5.91 Å². The Balaban J connectivity index is 1.49. The van der Waals surface area contributed by atoms with Gasteiger partial charge in [0.2, 0.25) is 5.76 Å². The van der Waals surface area contributed by atoms with E-state index in [1.165, 1.54) is 19.2 Å². The molecule has 1 aliphatic rings. The second-order valence-corrected chi connectivity index (χ2v) is 6.95. The van der Waals surface area contributed by atoms with Crippen LogP contribution in [0.15, 0.2) is 76.8 Å². The molecular formula is C24H20N2O6. The van der Waals surface area contributed by atoms with Gasteiger partial charge in [0.1, 0.15) is 23.8 Å². The van der Waals surface area contributed by atoms with Crippen molar-refractivity contribution < 1.29 is 28.3 Å². The number of rotatable bonds is 7. The van der Waals surface area contributed by atoms with Crippen molar-refractivity contribution in [2.24, 2.45) is 0 Å². The number of hydrogen-bond donors (Lipinski definition) is 1. The second-order valence-electron chi connectivity index (χ2n) is 6.95. The summed E-state index contributed by atoms with van der Waals surface area (Å²) < 4.78 is 15.9. The standard InChI is InChI=1S/C24H20N2O6/c1-30-23(28)21-12-11-18(32-21)14-26-22(27)19(25-24(26)29)13-17-9-5-6-10-20(17)31-15-16-7-3-2-4-8-16/h2-13H,14-15H2,1H3,(H,25,29)/b19-13-. The number of carbonyl (C=O) groups is 3. The molecule has 0 bridgehead atoms. The zero-order valence-corrected chi connectivity index (χ0v) is 17.2. The van der Waals surface area contributed by atoms with Crippen molar-refractivity contribution in [2.75, 3.05) is 7.11 Å². The topological polar surface area (TPSA) is 98.1 Å². The van der Waals surface area contributed by atoms with Crippen LogP contribution in [0.1, 0.15) is 27.4 Å². The van der Waals surface area contributed by atoms with Gasteiger partial charge in [-0.15, -0.1) is 0 Å². The lowest BCUT2D eigenvalue weighted by molar-refractivity contribution is -0.123. The van der Waals surface area contributed by atoms with Crippen LogP contribution in [-0.4, -0.2) is 29.9 Å². The van der Waals surface area contributed by atoms with Crippen LogP contribution in [0.3, 0.4) is 0 Å². The van der Waals surface area contributed by atoms with E-state index in [0.717, 1.165) is 10.5 Å². The number of nitrogens with zero attached hydrogens (tertiary/aromatic N) is 1. The Hall–Kier alpha value is -4.33. The number of amides is 3. The molecule has 0 spiro atoms. The Labute approximate surface area is 184 Å². The van der Waals surface area contributed by atoms with E-state index < -0.39 is 17.9 Å². The minimum Gasteiger partial charge on any atom is -0.488 e. The minimum absolute atomic E-state index is 0.00480. The molecule has 0 unspecified atom stereocenters. The van der Waals surface area contributed by atoms with Crippen molar-refractivity contribution in [2.45, 2.75) is 13.2 Å². The zero-order chi connectivity index (χ0) is 22.5. The number of esters is 1. The zero-order valence-electron chi connectivity index (χ0n) is 17.2. The maximum absolute atomic E-state index is 12.8. The molecule has 8 nitrogen and oxygen atoms in total. The number of benzene rings is 2. The molecular weight excluding hydrogens is 412 g/mol. The third kappa shape index (κ3) is 4.54. The third-order valence-corrected chi connectivity index (χ3v) is 4.78. The van der Waals surface area contributed by atoms with Gasteiger partial charge in [-0.2, -0.15) is 0 Å². The Morgan fingerprint density at radius 1 is 1.03 bits per heavy atom. The summed E-state index contributed by atoms with van der Waals surface area (Å²) in [6.07, 6.45) is 1.57. The van der Waals surface area contributed by atoms with E-state index in [4.69, 9.17) is 9.15 Å².